The van der Waals surface area contributed by atoms with Crippen LogP contribution in [0, 0.1) is 17.2 Å². The van der Waals surface area contributed by atoms with Gasteiger partial charge >= 0.3 is 0 Å². The lowest BCUT2D eigenvalue weighted by Crippen LogP contribution is -2.54. The van der Waals surface area contributed by atoms with Gasteiger partial charge in [-0.15, -0.1) is 11.3 Å². The van der Waals surface area contributed by atoms with Crippen LogP contribution in [0.2, 0.25) is 0 Å². The van der Waals surface area contributed by atoms with Gasteiger partial charge in [-0.1, -0.05) is 13.0 Å². The van der Waals surface area contributed by atoms with E-state index in [1.165, 1.54) is 21.4 Å². The summed E-state index contributed by atoms with van der Waals surface area (Å²) in [6.07, 6.45) is 5.90. The van der Waals surface area contributed by atoms with E-state index >= 15 is 0 Å². The third-order valence-electron chi connectivity index (χ3n) is 7.78. The number of ether oxygens (including phenoxy) is 1. The zero-order valence-corrected chi connectivity index (χ0v) is 21.6. The molecule has 1 saturated carbocycles. The van der Waals surface area contributed by atoms with Crippen molar-refractivity contribution in [3.05, 3.63) is 51.2 Å². The molecule has 8 heteroatoms. The van der Waals surface area contributed by atoms with Crippen LogP contribution in [0.3, 0.4) is 0 Å². The van der Waals surface area contributed by atoms with Crippen LogP contribution in [0.4, 0.5) is 0 Å². The number of nitrogens with zero attached hydrogens (tertiary/aromatic N) is 2. The summed E-state index contributed by atoms with van der Waals surface area (Å²) >= 11 is 1.97. The fraction of sp³-hybridized carbons (Fsp3) is 0.577. The molecule has 0 unspecified atom stereocenters. The van der Waals surface area contributed by atoms with Gasteiger partial charge in [0.2, 0.25) is 10.0 Å². The predicted molar refractivity (Wildman–Crippen MR) is 133 cm³/mol. The first kappa shape index (κ1) is 24.0. The first-order valence-electron chi connectivity index (χ1n) is 12.3. The fourth-order valence-electron chi connectivity index (χ4n) is 5.88. The fourth-order valence-corrected chi connectivity index (χ4v) is 8.36. The van der Waals surface area contributed by atoms with Crippen LogP contribution in [-0.2, 0) is 33.2 Å². The Labute approximate surface area is 207 Å². The van der Waals surface area contributed by atoms with E-state index < -0.39 is 10.0 Å². The van der Waals surface area contributed by atoms with Crippen molar-refractivity contribution in [2.45, 2.75) is 75.0 Å². The molecular formula is C26H33N3O3S2. The minimum Gasteiger partial charge on any atom is -0.370 e. The number of hydrogen-bond donors (Lipinski definition) is 1. The van der Waals surface area contributed by atoms with Crippen LogP contribution in [0.25, 0.3) is 0 Å². The second kappa shape index (κ2) is 9.36. The topological polar surface area (TPSA) is 82.4 Å². The van der Waals surface area contributed by atoms with E-state index in [1.54, 1.807) is 18.2 Å². The molecule has 2 aromatic rings. The Morgan fingerprint density at radius 3 is 2.88 bits per heavy atom. The molecule has 2 atom stereocenters. The van der Waals surface area contributed by atoms with Crippen molar-refractivity contribution >= 4 is 21.4 Å². The Morgan fingerprint density at radius 1 is 1.32 bits per heavy atom. The number of nitrogens with one attached hydrogen (secondary N) is 1. The SMILES string of the molecule is CCc1cc2c(s1)CCO[C@@]21CCN(C[C@H]2C[C@@H](NS(=O)(=O)c3cccc(C#N)c3)C2)[C@@H](C)C1. The summed E-state index contributed by atoms with van der Waals surface area (Å²) in [5.74, 6) is 0.505. The van der Waals surface area contributed by atoms with E-state index in [9.17, 15) is 8.42 Å². The van der Waals surface area contributed by atoms with E-state index in [0.29, 0.717) is 17.5 Å². The molecular weight excluding hydrogens is 466 g/mol. The van der Waals surface area contributed by atoms with Gasteiger partial charge in [0, 0.05) is 41.3 Å². The van der Waals surface area contributed by atoms with Crippen molar-refractivity contribution in [2.24, 2.45) is 5.92 Å². The molecule has 3 aliphatic rings. The van der Waals surface area contributed by atoms with Gasteiger partial charge in [0.15, 0.2) is 0 Å². The molecule has 5 rings (SSSR count). The number of fused-ring (bicyclic) bond motifs is 2. The molecule has 0 bridgehead atoms. The van der Waals surface area contributed by atoms with Gasteiger partial charge in [0.1, 0.15) is 0 Å². The third kappa shape index (κ3) is 4.57. The molecule has 34 heavy (non-hydrogen) atoms. The molecule has 2 fully saturated rings. The number of aryl methyl sites for hydroxylation is 1. The first-order valence-corrected chi connectivity index (χ1v) is 14.6. The molecule has 2 aliphatic heterocycles. The number of thiophene rings is 1. The third-order valence-corrected chi connectivity index (χ3v) is 10.6. The maximum absolute atomic E-state index is 12.7. The lowest BCUT2D eigenvalue weighted by atomic mass is 9.77. The molecule has 1 saturated heterocycles. The van der Waals surface area contributed by atoms with Gasteiger partial charge in [0.25, 0.3) is 0 Å². The van der Waals surface area contributed by atoms with Gasteiger partial charge in [0.05, 0.1) is 28.7 Å². The van der Waals surface area contributed by atoms with Gasteiger partial charge < -0.3 is 9.64 Å². The number of likely N-dealkylation sites (tertiary alicyclic amines) is 1. The number of benzene rings is 1. The van der Waals surface area contributed by atoms with Gasteiger partial charge in [-0.2, -0.15) is 5.26 Å². The average molecular weight is 500 g/mol. The highest BCUT2D eigenvalue weighted by Crippen LogP contribution is 2.46. The first-order chi connectivity index (χ1) is 16.3. The Bertz CT molecular complexity index is 1200. The predicted octanol–water partition coefficient (Wildman–Crippen LogP) is 4.19. The Kier molecular flexibility index (Phi) is 6.60. The van der Waals surface area contributed by atoms with E-state index in [0.717, 1.165) is 58.2 Å². The number of sulfonamides is 1. The van der Waals surface area contributed by atoms with Crippen molar-refractivity contribution in [1.29, 1.82) is 5.26 Å². The van der Waals surface area contributed by atoms with Crippen molar-refractivity contribution in [1.82, 2.24) is 9.62 Å². The Balaban J connectivity index is 1.15. The molecule has 6 nitrogen and oxygen atoms in total. The summed E-state index contributed by atoms with van der Waals surface area (Å²) in [5.41, 5.74) is 1.68. The second-order valence-corrected chi connectivity index (χ2v) is 13.0. The normalized spacial score (nSPS) is 29.4. The highest BCUT2D eigenvalue weighted by Gasteiger charge is 2.45. The second-order valence-electron chi connectivity index (χ2n) is 10.1. The summed E-state index contributed by atoms with van der Waals surface area (Å²) in [4.78, 5) is 5.73. The molecule has 1 spiro atoms. The molecule has 1 aliphatic carbocycles. The zero-order valence-electron chi connectivity index (χ0n) is 19.9. The van der Waals surface area contributed by atoms with E-state index in [4.69, 9.17) is 10.00 Å². The molecule has 1 aromatic heterocycles. The van der Waals surface area contributed by atoms with Gasteiger partial charge in [-0.3, -0.25) is 0 Å². The molecule has 3 heterocycles. The van der Waals surface area contributed by atoms with Gasteiger partial charge in [-0.05, 0) is 74.8 Å². The molecule has 1 N–H and O–H groups in total. The molecule has 0 amide bonds. The zero-order chi connectivity index (χ0) is 23.9. The van der Waals surface area contributed by atoms with Crippen LogP contribution in [0.1, 0.15) is 60.4 Å². The lowest BCUT2D eigenvalue weighted by molar-refractivity contribution is -0.114. The van der Waals surface area contributed by atoms with Crippen molar-refractivity contribution < 1.29 is 13.2 Å². The summed E-state index contributed by atoms with van der Waals surface area (Å²) in [6.45, 7) is 7.39. The Morgan fingerprint density at radius 2 is 2.15 bits per heavy atom. The smallest absolute Gasteiger partial charge is 0.240 e. The van der Waals surface area contributed by atoms with Crippen LogP contribution in [0.5, 0.6) is 0 Å². The van der Waals surface area contributed by atoms with E-state index in [1.807, 2.05) is 17.4 Å². The van der Waals surface area contributed by atoms with Crippen LogP contribution < -0.4 is 4.72 Å². The molecule has 1 aromatic carbocycles. The maximum atomic E-state index is 12.7. The molecule has 0 radical (unpaired) electrons. The maximum Gasteiger partial charge on any atom is 0.240 e. The summed E-state index contributed by atoms with van der Waals surface area (Å²) in [6, 6.07) is 11.0. The number of hydrogen-bond acceptors (Lipinski definition) is 6. The van der Waals surface area contributed by atoms with Crippen molar-refractivity contribution in [3.8, 4) is 6.07 Å². The standard InChI is InChI=1S/C26H33N3O3S2/c1-3-22-14-24-25(33-22)7-10-32-26(24)8-9-29(18(2)15-26)17-20-11-21(12-20)28-34(30,31)23-6-4-5-19(13-23)16-27/h4-6,13-14,18,20-21,28H,3,7-12,15,17H2,1-2H3/t18-,20-,21+,26+/m0/s1. The quantitative estimate of drug-likeness (QED) is 0.644. The Hall–Kier alpha value is -1.76. The highest BCUT2D eigenvalue weighted by molar-refractivity contribution is 7.89. The van der Waals surface area contributed by atoms with Crippen molar-refractivity contribution in [3.63, 3.8) is 0 Å². The summed E-state index contributed by atoms with van der Waals surface area (Å²) in [7, 11) is -3.60. The number of rotatable bonds is 6. The largest absolute Gasteiger partial charge is 0.370 e. The van der Waals surface area contributed by atoms with E-state index in [2.05, 4.69) is 29.5 Å². The van der Waals surface area contributed by atoms with Crippen molar-refractivity contribution in [2.75, 3.05) is 19.7 Å². The minimum atomic E-state index is -3.60. The van der Waals surface area contributed by atoms with Crippen LogP contribution in [-0.4, -0.2) is 45.1 Å². The van der Waals surface area contributed by atoms with Gasteiger partial charge in [-0.25, -0.2) is 13.1 Å². The number of nitriles is 1. The van der Waals surface area contributed by atoms with E-state index in [-0.39, 0.29) is 16.5 Å². The minimum absolute atomic E-state index is 0.0327. The van der Waals surface area contributed by atoms with Crippen LogP contribution >= 0.6 is 11.3 Å². The highest BCUT2D eigenvalue weighted by atomic mass is 32.2. The van der Waals surface area contributed by atoms with Crippen LogP contribution in [0.15, 0.2) is 35.2 Å². The monoisotopic (exact) mass is 499 g/mol. The lowest BCUT2D eigenvalue weighted by Gasteiger charge is -2.49. The molecule has 182 valence electrons. The number of piperidine rings is 1. The summed E-state index contributed by atoms with van der Waals surface area (Å²) in [5, 5.41) is 9.04. The summed E-state index contributed by atoms with van der Waals surface area (Å²) < 4.78 is 34.7. The average Bonchev–Trinajstić information content (AvgIpc) is 3.24.